The number of carboxylic acid groups (broad SMARTS) is 1. The zero-order valence-electron chi connectivity index (χ0n) is 51.1. The molecule has 0 spiro atoms. The molecule has 0 saturated carbocycles. The number of likely N-dealkylation sites (N-methyl/N-ethyl adjacent to an activating group) is 1. The molecule has 0 aromatic heterocycles. The molecule has 9 heteroatoms. The minimum atomic E-state index is -1.62. The van der Waals surface area contributed by atoms with E-state index >= 15 is 0 Å². The molecule has 0 fully saturated rings. The van der Waals surface area contributed by atoms with Crippen LogP contribution in [0.4, 0.5) is 0 Å². The summed E-state index contributed by atoms with van der Waals surface area (Å²) >= 11 is 0. The number of quaternary nitrogens is 1. The highest BCUT2D eigenvalue weighted by molar-refractivity contribution is 5.70. The van der Waals surface area contributed by atoms with Crippen LogP contribution in [0.1, 0.15) is 296 Å². The number of allylic oxidation sites excluding steroid dienone is 10. The number of esters is 2. The van der Waals surface area contributed by atoms with Crippen LogP contribution >= 0.6 is 0 Å². The number of rotatable bonds is 60. The van der Waals surface area contributed by atoms with Gasteiger partial charge in [0.05, 0.1) is 40.3 Å². The van der Waals surface area contributed by atoms with E-state index in [4.69, 9.17) is 18.9 Å². The first-order valence-corrected chi connectivity index (χ1v) is 32.4. The monoisotopic (exact) mass is 1080 g/mol. The summed E-state index contributed by atoms with van der Waals surface area (Å²) in [5, 5.41) is 11.8. The number of nitrogens with zero attached hydrogens (tertiary/aromatic N) is 1. The van der Waals surface area contributed by atoms with Crippen molar-refractivity contribution in [3.63, 3.8) is 0 Å². The molecular weight excluding hydrogens is 959 g/mol. The summed E-state index contributed by atoms with van der Waals surface area (Å²) in [5.41, 5.74) is 0. The molecule has 0 saturated heterocycles. The molecule has 0 rings (SSSR count). The number of ether oxygens (including phenoxy) is 4. The minimum absolute atomic E-state index is 0.145. The number of hydrogen-bond donors (Lipinski definition) is 0. The van der Waals surface area contributed by atoms with Gasteiger partial charge in [0.2, 0.25) is 0 Å². The number of carboxylic acids is 1. The molecule has 9 nitrogen and oxygen atoms in total. The molecular formula is C68H123NO8. The summed E-state index contributed by atoms with van der Waals surface area (Å²) in [6.07, 6.45) is 72.8. The Balaban J connectivity index is 4.16. The van der Waals surface area contributed by atoms with Crippen LogP contribution in [0.15, 0.2) is 60.8 Å². The first-order chi connectivity index (χ1) is 37.6. The molecule has 0 aliphatic carbocycles. The highest BCUT2D eigenvalue weighted by Crippen LogP contribution is 2.17. The second kappa shape index (κ2) is 59.1. The van der Waals surface area contributed by atoms with Crippen LogP contribution in [0.3, 0.4) is 0 Å². The zero-order chi connectivity index (χ0) is 56.2. The first-order valence-electron chi connectivity index (χ1n) is 32.4. The SMILES string of the molecule is CCCCCCC/C=C\C/C=C\C/C=C\CCCCCCCCCCC(=O)OC(COC(=O)CCCCCCCCCCCCCCCCCCC/C=C\C/C=C\CCCCCCC)COC(OCC[N+](C)(C)C)C(=O)[O-]. The zero-order valence-corrected chi connectivity index (χ0v) is 51.1. The fourth-order valence-electron chi connectivity index (χ4n) is 9.22. The van der Waals surface area contributed by atoms with Gasteiger partial charge in [-0.1, -0.05) is 261 Å². The Bertz CT molecular complexity index is 1450. The second-order valence-corrected chi connectivity index (χ2v) is 23.0. The predicted octanol–water partition coefficient (Wildman–Crippen LogP) is 18.2. The minimum Gasteiger partial charge on any atom is -0.545 e. The Morgan fingerprint density at radius 2 is 0.701 bits per heavy atom. The molecule has 0 aliphatic heterocycles. The molecule has 77 heavy (non-hydrogen) atoms. The van der Waals surface area contributed by atoms with E-state index in [1.165, 1.54) is 199 Å². The molecule has 2 unspecified atom stereocenters. The van der Waals surface area contributed by atoms with Crippen molar-refractivity contribution in [2.75, 3.05) is 47.5 Å². The van der Waals surface area contributed by atoms with Crippen molar-refractivity contribution in [1.82, 2.24) is 0 Å². The Morgan fingerprint density at radius 3 is 1.04 bits per heavy atom. The van der Waals surface area contributed by atoms with Crippen LogP contribution in [0.2, 0.25) is 0 Å². The van der Waals surface area contributed by atoms with Crippen molar-refractivity contribution < 1.29 is 42.9 Å². The molecule has 0 radical (unpaired) electrons. The summed E-state index contributed by atoms with van der Waals surface area (Å²) in [5.74, 6) is -2.28. The molecule has 0 aliphatic rings. The smallest absolute Gasteiger partial charge is 0.306 e. The van der Waals surface area contributed by atoms with Gasteiger partial charge in [0.25, 0.3) is 0 Å². The average Bonchev–Trinajstić information content (AvgIpc) is 3.40. The summed E-state index contributed by atoms with van der Waals surface area (Å²) in [7, 11) is 5.93. The third-order valence-electron chi connectivity index (χ3n) is 14.2. The number of unbranched alkanes of at least 4 members (excludes halogenated alkanes) is 35. The van der Waals surface area contributed by atoms with E-state index in [-0.39, 0.29) is 32.2 Å². The van der Waals surface area contributed by atoms with E-state index in [2.05, 4.69) is 74.6 Å². The Hall–Kier alpha value is -3.01. The molecule has 0 bridgehead atoms. The third kappa shape index (κ3) is 60.5. The summed E-state index contributed by atoms with van der Waals surface area (Å²) in [4.78, 5) is 37.4. The maximum absolute atomic E-state index is 12.9. The van der Waals surface area contributed by atoms with Crippen molar-refractivity contribution in [2.24, 2.45) is 0 Å². The molecule has 2 atom stereocenters. The van der Waals surface area contributed by atoms with E-state index in [0.717, 1.165) is 64.2 Å². The molecule has 0 aromatic carbocycles. The van der Waals surface area contributed by atoms with Gasteiger partial charge in [-0.15, -0.1) is 0 Å². The van der Waals surface area contributed by atoms with Gasteiger partial charge in [-0.3, -0.25) is 9.59 Å². The highest BCUT2D eigenvalue weighted by Gasteiger charge is 2.22. The van der Waals surface area contributed by atoms with Gasteiger partial charge in [-0.05, 0) is 83.5 Å². The Kier molecular flexibility index (Phi) is 56.8. The average molecular weight is 1080 g/mol. The topological polar surface area (TPSA) is 111 Å². The van der Waals surface area contributed by atoms with Crippen LogP contribution in [0.25, 0.3) is 0 Å². The van der Waals surface area contributed by atoms with Gasteiger partial charge in [0, 0.05) is 12.8 Å². The Morgan fingerprint density at radius 1 is 0.390 bits per heavy atom. The summed E-state index contributed by atoms with van der Waals surface area (Å²) in [6, 6.07) is 0. The third-order valence-corrected chi connectivity index (χ3v) is 14.2. The number of aliphatic carboxylic acids is 1. The largest absolute Gasteiger partial charge is 0.545 e. The van der Waals surface area contributed by atoms with Crippen molar-refractivity contribution >= 4 is 17.9 Å². The lowest BCUT2D eigenvalue weighted by Gasteiger charge is -2.26. The lowest BCUT2D eigenvalue weighted by molar-refractivity contribution is -0.870. The van der Waals surface area contributed by atoms with Gasteiger partial charge in [-0.2, -0.15) is 0 Å². The molecule has 0 N–H and O–H groups in total. The predicted molar refractivity (Wildman–Crippen MR) is 325 cm³/mol. The van der Waals surface area contributed by atoms with Crippen molar-refractivity contribution in [1.29, 1.82) is 0 Å². The second-order valence-electron chi connectivity index (χ2n) is 23.0. The van der Waals surface area contributed by atoms with E-state index < -0.39 is 24.3 Å². The van der Waals surface area contributed by atoms with Gasteiger partial charge >= 0.3 is 11.9 Å². The number of carbonyl (C=O) groups excluding carboxylic acids is 3. The molecule has 0 aromatic rings. The highest BCUT2D eigenvalue weighted by atomic mass is 16.7. The fraction of sp³-hybridized carbons (Fsp3) is 0.809. The summed E-state index contributed by atoms with van der Waals surface area (Å²) < 4.78 is 22.8. The van der Waals surface area contributed by atoms with Gasteiger partial charge in [0.1, 0.15) is 13.2 Å². The van der Waals surface area contributed by atoms with Gasteiger partial charge < -0.3 is 33.3 Å². The van der Waals surface area contributed by atoms with Gasteiger partial charge in [-0.25, -0.2) is 0 Å². The normalized spacial score (nSPS) is 13.1. The first kappa shape index (κ1) is 74.0. The number of hydrogen-bond acceptors (Lipinski definition) is 8. The molecule has 0 heterocycles. The van der Waals surface area contributed by atoms with Crippen LogP contribution in [-0.4, -0.2) is 82.3 Å². The lowest BCUT2D eigenvalue weighted by atomic mass is 10.0. The fourth-order valence-corrected chi connectivity index (χ4v) is 9.22. The lowest BCUT2D eigenvalue weighted by Crippen LogP contribution is -2.44. The number of carbonyl (C=O) groups is 3. The summed E-state index contributed by atoms with van der Waals surface area (Å²) in [6.45, 7) is 4.75. The van der Waals surface area contributed by atoms with Crippen LogP contribution in [-0.2, 0) is 33.3 Å². The van der Waals surface area contributed by atoms with Crippen molar-refractivity contribution in [3.8, 4) is 0 Å². The maximum atomic E-state index is 12.9. The Labute approximate surface area is 475 Å². The molecule has 448 valence electrons. The van der Waals surface area contributed by atoms with E-state index in [1.807, 2.05) is 21.1 Å². The van der Waals surface area contributed by atoms with Crippen molar-refractivity contribution in [3.05, 3.63) is 60.8 Å². The van der Waals surface area contributed by atoms with Crippen LogP contribution < -0.4 is 5.11 Å². The van der Waals surface area contributed by atoms with Gasteiger partial charge in [0.15, 0.2) is 12.4 Å². The molecule has 0 amide bonds. The van der Waals surface area contributed by atoms with E-state index in [1.54, 1.807) is 0 Å². The maximum Gasteiger partial charge on any atom is 0.306 e. The van der Waals surface area contributed by atoms with Crippen molar-refractivity contribution in [2.45, 2.75) is 309 Å². The van der Waals surface area contributed by atoms with Crippen LogP contribution in [0, 0.1) is 0 Å². The van der Waals surface area contributed by atoms with E-state index in [9.17, 15) is 19.5 Å². The van der Waals surface area contributed by atoms with Crippen LogP contribution in [0.5, 0.6) is 0 Å². The standard InChI is InChI=1S/C68H123NO8/c1-6-8-10-12-14-16-18-20-22-24-26-28-30-31-32-33-34-35-37-38-40-42-44-46-48-50-52-54-56-58-65(70)75-62-64(63-76-68(67(72)73)74-61-60-69(3,4)5)77-66(71)59-57-55-53-51-49-47-45-43-41-39-36-29-27-25-23-21-19-17-15-13-11-9-7-2/h18-21,24-27,36,39,64,68H,6-17,22-23,28-35,37-38,40-63H2,1-5H3/b20-18-,21-19-,26-24-,27-25-,39-36-. The quantitative estimate of drug-likeness (QED) is 0.0195. The van der Waals surface area contributed by atoms with E-state index in [0.29, 0.717) is 23.9 Å².